The van der Waals surface area contributed by atoms with Gasteiger partial charge in [-0.3, -0.25) is 19.3 Å². The van der Waals surface area contributed by atoms with Gasteiger partial charge in [-0.1, -0.05) is 54.1 Å². The molecule has 1 aliphatic heterocycles. The number of hydrogen-bond acceptors (Lipinski definition) is 4. The van der Waals surface area contributed by atoms with Crippen LogP contribution in [0.4, 0.5) is 5.69 Å². The summed E-state index contributed by atoms with van der Waals surface area (Å²) in [5, 5.41) is 3.30. The molecule has 1 aromatic heterocycles. The number of carbonyl (C=O) groups excluding carboxylic acids is 2. The fourth-order valence-corrected chi connectivity index (χ4v) is 4.02. The molecule has 1 saturated heterocycles. The highest BCUT2D eigenvalue weighted by Crippen LogP contribution is 2.20. The van der Waals surface area contributed by atoms with Crippen molar-refractivity contribution in [2.24, 2.45) is 0 Å². The summed E-state index contributed by atoms with van der Waals surface area (Å²) < 4.78 is 1.55. The van der Waals surface area contributed by atoms with Crippen LogP contribution in [0.2, 0.25) is 5.02 Å². The predicted molar refractivity (Wildman–Crippen MR) is 129 cm³/mol. The van der Waals surface area contributed by atoms with E-state index in [1.165, 1.54) is 0 Å². The summed E-state index contributed by atoms with van der Waals surface area (Å²) in [7, 11) is 0. The second-order valence-corrected chi connectivity index (χ2v) is 8.34. The summed E-state index contributed by atoms with van der Waals surface area (Å²) in [6.07, 6.45) is 1.70. The molecule has 33 heavy (non-hydrogen) atoms. The summed E-state index contributed by atoms with van der Waals surface area (Å²) in [5.74, 6) is -0.433. The van der Waals surface area contributed by atoms with Gasteiger partial charge in [0.2, 0.25) is 5.91 Å². The maximum Gasteiger partial charge on any atom is 0.263 e. The van der Waals surface area contributed by atoms with E-state index >= 15 is 0 Å². The zero-order chi connectivity index (χ0) is 23.2. The first-order valence-electron chi connectivity index (χ1n) is 10.8. The Morgan fingerprint density at radius 2 is 1.58 bits per heavy atom. The molecule has 1 aliphatic rings. The van der Waals surface area contributed by atoms with Crippen molar-refractivity contribution in [1.29, 1.82) is 0 Å². The van der Waals surface area contributed by atoms with E-state index < -0.39 is 0 Å². The molecule has 0 aliphatic carbocycles. The first kappa shape index (κ1) is 22.8. The first-order chi connectivity index (χ1) is 16.0. The van der Waals surface area contributed by atoms with Gasteiger partial charge in [0.1, 0.15) is 5.56 Å². The van der Waals surface area contributed by atoms with E-state index in [2.05, 4.69) is 5.32 Å². The van der Waals surface area contributed by atoms with Crippen LogP contribution in [0.3, 0.4) is 0 Å². The molecule has 1 fully saturated rings. The van der Waals surface area contributed by atoms with E-state index in [1.807, 2.05) is 41.3 Å². The summed E-state index contributed by atoms with van der Waals surface area (Å²) >= 11 is 6.09. The molecular formula is C25H25ClN4O3. The average molecular weight is 465 g/mol. The van der Waals surface area contributed by atoms with Gasteiger partial charge in [-0.25, -0.2) is 0 Å². The van der Waals surface area contributed by atoms with Crippen molar-refractivity contribution in [3.05, 3.63) is 99.4 Å². The molecule has 0 saturated carbocycles. The fourth-order valence-electron chi connectivity index (χ4n) is 3.84. The van der Waals surface area contributed by atoms with Crippen molar-refractivity contribution in [2.45, 2.75) is 6.54 Å². The lowest BCUT2D eigenvalue weighted by Crippen LogP contribution is -2.51. The van der Waals surface area contributed by atoms with Crippen LogP contribution >= 0.6 is 11.6 Å². The van der Waals surface area contributed by atoms with Crippen LogP contribution in [0.15, 0.2) is 77.7 Å². The highest BCUT2D eigenvalue weighted by atomic mass is 35.5. The second-order valence-electron chi connectivity index (χ2n) is 7.94. The normalized spacial score (nSPS) is 14.2. The van der Waals surface area contributed by atoms with Gasteiger partial charge in [-0.15, -0.1) is 0 Å². The van der Waals surface area contributed by atoms with Crippen molar-refractivity contribution in [3.63, 3.8) is 0 Å². The quantitative estimate of drug-likeness (QED) is 0.608. The van der Waals surface area contributed by atoms with E-state index in [-0.39, 0.29) is 29.5 Å². The summed E-state index contributed by atoms with van der Waals surface area (Å²) in [4.78, 5) is 42.0. The van der Waals surface area contributed by atoms with Gasteiger partial charge < -0.3 is 14.8 Å². The maximum atomic E-state index is 13.0. The van der Waals surface area contributed by atoms with Crippen LogP contribution in [-0.2, 0) is 11.3 Å². The van der Waals surface area contributed by atoms with E-state index in [0.717, 1.165) is 5.56 Å². The van der Waals surface area contributed by atoms with Crippen LogP contribution in [-0.4, -0.2) is 58.9 Å². The van der Waals surface area contributed by atoms with Crippen molar-refractivity contribution >= 4 is 29.1 Å². The monoisotopic (exact) mass is 464 g/mol. The number of aromatic nitrogens is 1. The Morgan fingerprint density at radius 1 is 0.879 bits per heavy atom. The van der Waals surface area contributed by atoms with Gasteiger partial charge in [-0.2, -0.15) is 0 Å². The average Bonchev–Trinajstić information content (AvgIpc) is 2.83. The molecule has 2 aromatic carbocycles. The molecule has 170 valence electrons. The number of pyridine rings is 1. The number of piperazine rings is 1. The van der Waals surface area contributed by atoms with Crippen LogP contribution in [0.5, 0.6) is 0 Å². The van der Waals surface area contributed by atoms with Gasteiger partial charge in [0.15, 0.2) is 0 Å². The van der Waals surface area contributed by atoms with Crippen LogP contribution in [0.1, 0.15) is 15.9 Å². The third-order valence-electron chi connectivity index (χ3n) is 5.62. The molecule has 2 amide bonds. The Bertz CT molecular complexity index is 1190. The number of rotatable bonds is 6. The van der Waals surface area contributed by atoms with Crippen molar-refractivity contribution in [3.8, 4) is 0 Å². The summed E-state index contributed by atoms with van der Waals surface area (Å²) in [6.45, 7) is 2.62. The fraction of sp³-hybridized carbons (Fsp3) is 0.240. The van der Waals surface area contributed by atoms with Gasteiger partial charge in [0.25, 0.3) is 11.5 Å². The molecule has 3 aromatic rings. The molecular weight excluding hydrogens is 440 g/mol. The van der Waals surface area contributed by atoms with Crippen LogP contribution < -0.4 is 10.9 Å². The molecule has 4 rings (SSSR count). The maximum absolute atomic E-state index is 13.0. The Labute approximate surface area is 197 Å². The van der Waals surface area contributed by atoms with Gasteiger partial charge in [-0.05, 0) is 29.8 Å². The minimum absolute atomic E-state index is 0.158. The first-order valence-corrected chi connectivity index (χ1v) is 11.2. The molecule has 0 radical (unpaired) electrons. The smallest absolute Gasteiger partial charge is 0.263 e. The lowest BCUT2D eigenvalue weighted by atomic mass is 10.2. The van der Waals surface area contributed by atoms with Crippen molar-refractivity contribution in [2.75, 3.05) is 38.0 Å². The number of carbonyl (C=O) groups is 2. The second kappa shape index (κ2) is 10.5. The highest BCUT2D eigenvalue weighted by molar-refractivity contribution is 6.33. The molecule has 1 N–H and O–H groups in total. The van der Waals surface area contributed by atoms with E-state index in [0.29, 0.717) is 43.4 Å². The lowest BCUT2D eigenvalue weighted by molar-refractivity contribution is -0.117. The van der Waals surface area contributed by atoms with Crippen LogP contribution in [0, 0.1) is 0 Å². The van der Waals surface area contributed by atoms with Crippen molar-refractivity contribution < 1.29 is 9.59 Å². The van der Waals surface area contributed by atoms with E-state index in [1.54, 1.807) is 46.0 Å². The third kappa shape index (κ3) is 5.69. The molecule has 0 bridgehead atoms. The number of para-hydroxylation sites is 1. The summed E-state index contributed by atoms with van der Waals surface area (Å²) in [5.41, 5.74) is 1.44. The topological polar surface area (TPSA) is 74.7 Å². The minimum atomic E-state index is -0.298. The molecule has 0 unspecified atom stereocenters. The number of nitrogens with one attached hydrogen (secondary N) is 1. The highest BCUT2D eigenvalue weighted by Gasteiger charge is 2.25. The molecule has 0 spiro atoms. The number of hydrogen-bond donors (Lipinski definition) is 1. The number of anilines is 1. The molecule has 8 heteroatoms. The van der Waals surface area contributed by atoms with Crippen LogP contribution in [0.25, 0.3) is 0 Å². The molecule has 0 atom stereocenters. The Morgan fingerprint density at radius 3 is 2.30 bits per heavy atom. The Balaban J connectivity index is 1.34. The zero-order valence-electron chi connectivity index (χ0n) is 18.1. The predicted octanol–water partition coefficient (Wildman–Crippen LogP) is 2.95. The number of halogens is 1. The third-order valence-corrected chi connectivity index (χ3v) is 5.95. The van der Waals surface area contributed by atoms with Gasteiger partial charge in [0.05, 0.1) is 23.8 Å². The van der Waals surface area contributed by atoms with Crippen molar-refractivity contribution in [1.82, 2.24) is 14.4 Å². The number of amides is 2. The lowest BCUT2D eigenvalue weighted by Gasteiger charge is -2.34. The van der Waals surface area contributed by atoms with E-state index in [4.69, 9.17) is 11.6 Å². The standard InChI is InChI=1S/C25H25ClN4O3/c26-21-10-4-5-11-22(21)27-23(31)18-28-13-15-29(16-14-28)24(32)20-9-6-12-30(25(20)33)17-19-7-2-1-3-8-19/h1-12H,13-18H2,(H,27,31). The van der Waals surface area contributed by atoms with Gasteiger partial charge in [0, 0.05) is 32.4 Å². The molecule has 7 nitrogen and oxygen atoms in total. The largest absolute Gasteiger partial charge is 0.336 e. The Kier molecular flexibility index (Phi) is 7.22. The number of nitrogens with zero attached hydrogens (tertiary/aromatic N) is 3. The van der Waals surface area contributed by atoms with Gasteiger partial charge >= 0.3 is 0 Å². The Hall–Kier alpha value is -3.42. The number of benzene rings is 2. The SMILES string of the molecule is O=C(CN1CCN(C(=O)c2cccn(Cc3ccccc3)c2=O)CC1)Nc1ccccc1Cl. The minimum Gasteiger partial charge on any atom is -0.336 e. The zero-order valence-corrected chi connectivity index (χ0v) is 18.9. The molecule has 2 heterocycles. The summed E-state index contributed by atoms with van der Waals surface area (Å²) in [6, 6.07) is 20.0. The van der Waals surface area contributed by atoms with E-state index in [9.17, 15) is 14.4 Å².